The van der Waals surface area contributed by atoms with E-state index in [1.54, 1.807) is 34.4 Å². The number of aryl methyl sites for hydroxylation is 1. The third-order valence-electron chi connectivity index (χ3n) is 2.47. The summed E-state index contributed by atoms with van der Waals surface area (Å²) in [5.74, 6) is 0.698. The molecule has 3 rings (SSSR count). The second-order valence-corrected chi connectivity index (χ2v) is 6.96. The summed E-state index contributed by atoms with van der Waals surface area (Å²) in [5.41, 5.74) is 0. The van der Waals surface area contributed by atoms with E-state index in [9.17, 15) is 4.79 Å². The van der Waals surface area contributed by atoms with Crippen LogP contribution < -0.4 is 4.90 Å². The zero-order chi connectivity index (χ0) is 11.8. The fourth-order valence-corrected chi connectivity index (χ4v) is 4.71. The highest BCUT2D eigenvalue weighted by atomic mass is 32.2. The molecular weight excluding hydrogens is 272 g/mol. The maximum absolute atomic E-state index is 12.0. The number of thioether (sulfide) groups is 1. The smallest absolute Gasteiger partial charge is 0.240 e. The van der Waals surface area contributed by atoms with E-state index in [4.69, 9.17) is 0 Å². The van der Waals surface area contributed by atoms with Crippen LogP contribution in [0.2, 0.25) is 0 Å². The molecule has 0 spiro atoms. The Morgan fingerprint density at radius 1 is 1.53 bits per heavy atom. The lowest BCUT2D eigenvalue weighted by Gasteiger charge is -2.19. The number of thiazole rings is 1. The maximum Gasteiger partial charge on any atom is 0.240 e. The molecule has 0 unspecified atom stereocenters. The topological polar surface area (TPSA) is 33.2 Å². The van der Waals surface area contributed by atoms with Crippen LogP contribution >= 0.6 is 34.4 Å². The van der Waals surface area contributed by atoms with E-state index in [1.807, 2.05) is 29.5 Å². The van der Waals surface area contributed by atoms with Crippen LogP contribution in [0.1, 0.15) is 15.1 Å². The molecule has 1 aliphatic heterocycles. The Hall–Kier alpha value is -0.850. The molecule has 1 atom stereocenters. The Morgan fingerprint density at radius 3 is 3.06 bits per heavy atom. The number of rotatable bonds is 2. The van der Waals surface area contributed by atoms with Gasteiger partial charge < -0.3 is 0 Å². The van der Waals surface area contributed by atoms with Crippen molar-refractivity contribution in [2.75, 3.05) is 10.7 Å². The number of amides is 1. The van der Waals surface area contributed by atoms with E-state index < -0.39 is 0 Å². The Kier molecular flexibility index (Phi) is 2.94. The summed E-state index contributed by atoms with van der Waals surface area (Å²) < 4.78 is 0. The molecule has 88 valence electrons. The Balaban J connectivity index is 1.97. The first kappa shape index (κ1) is 11.3. The van der Waals surface area contributed by atoms with Crippen LogP contribution in [0.5, 0.6) is 0 Å². The molecule has 0 radical (unpaired) electrons. The molecule has 0 aliphatic carbocycles. The van der Waals surface area contributed by atoms with Gasteiger partial charge in [-0.1, -0.05) is 6.07 Å². The summed E-state index contributed by atoms with van der Waals surface area (Å²) in [4.78, 5) is 20.5. The summed E-state index contributed by atoms with van der Waals surface area (Å²) >= 11 is 4.94. The van der Waals surface area contributed by atoms with Gasteiger partial charge in [-0.05, 0) is 18.4 Å². The lowest BCUT2D eigenvalue weighted by molar-refractivity contribution is -0.115. The summed E-state index contributed by atoms with van der Waals surface area (Å²) in [6.07, 6.45) is 1.82. The molecule has 1 aliphatic rings. The highest BCUT2D eigenvalue weighted by Crippen LogP contribution is 2.44. The largest absolute Gasteiger partial charge is 0.273 e. The first-order valence-corrected chi connectivity index (χ1v) is 7.89. The highest BCUT2D eigenvalue weighted by molar-refractivity contribution is 8.01. The van der Waals surface area contributed by atoms with Crippen LogP contribution in [0.25, 0.3) is 0 Å². The predicted octanol–water partition coefficient (Wildman–Crippen LogP) is 3.29. The molecule has 6 heteroatoms. The Bertz CT molecular complexity index is 535. The molecule has 1 saturated heterocycles. The standard InChI is InChI=1S/C11H10N2OS3/c1-7-5-12-11(17-7)13-9(14)6-16-10(13)8-3-2-4-15-8/h2-5,10H,6H2,1H3/t10-/m1/s1. The molecule has 1 fully saturated rings. The molecule has 0 N–H and O–H groups in total. The quantitative estimate of drug-likeness (QED) is 0.847. The van der Waals surface area contributed by atoms with E-state index >= 15 is 0 Å². The van der Waals surface area contributed by atoms with Gasteiger partial charge in [-0.2, -0.15) is 0 Å². The van der Waals surface area contributed by atoms with Crippen molar-refractivity contribution in [1.29, 1.82) is 0 Å². The van der Waals surface area contributed by atoms with Gasteiger partial charge in [-0.3, -0.25) is 9.69 Å². The number of carbonyl (C=O) groups is 1. The maximum atomic E-state index is 12.0. The van der Waals surface area contributed by atoms with Gasteiger partial charge in [0, 0.05) is 16.0 Å². The molecule has 2 aromatic rings. The monoisotopic (exact) mass is 282 g/mol. The highest BCUT2D eigenvalue weighted by Gasteiger charge is 2.36. The molecule has 3 nitrogen and oxygen atoms in total. The van der Waals surface area contributed by atoms with Crippen LogP contribution in [0.3, 0.4) is 0 Å². The zero-order valence-corrected chi connectivity index (χ0v) is 11.6. The first-order chi connectivity index (χ1) is 8.25. The number of hydrogen-bond acceptors (Lipinski definition) is 5. The van der Waals surface area contributed by atoms with Crippen molar-refractivity contribution in [3.63, 3.8) is 0 Å². The Morgan fingerprint density at radius 2 is 2.41 bits per heavy atom. The number of nitrogens with zero attached hydrogens (tertiary/aromatic N) is 2. The summed E-state index contributed by atoms with van der Waals surface area (Å²) in [6.45, 7) is 2.01. The fourth-order valence-electron chi connectivity index (χ4n) is 1.73. The fraction of sp³-hybridized carbons (Fsp3) is 0.273. The second-order valence-electron chi connectivity index (χ2n) is 3.70. The van der Waals surface area contributed by atoms with Crippen molar-refractivity contribution in [2.24, 2.45) is 0 Å². The van der Waals surface area contributed by atoms with Gasteiger partial charge in [0.15, 0.2) is 5.13 Å². The van der Waals surface area contributed by atoms with Gasteiger partial charge in [0.1, 0.15) is 5.37 Å². The summed E-state index contributed by atoms with van der Waals surface area (Å²) in [7, 11) is 0. The minimum Gasteiger partial charge on any atom is -0.273 e. The van der Waals surface area contributed by atoms with Crippen LogP contribution in [0.15, 0.2) is 23.7 Å². The van der Waals surface area contributed by atoms with Crippen LogP contribution in [0.4, 0.5) is 5.13 Å². The number of anilines is 1. The number of thiophene rings is 1. The van der Waals surface area contributed by atoms with Gasteiger partial charge in [0.2, 0.25) is 5.91 Å². The lowest BCUT2D eigenvalue weighted by atomic mass is 10.4. The normalized spacial score (nSPS) is 20.2. The third-order valence-corrected chi connectivity index (χ3v) is 5.65. The number of hydrogen-bond donors (Lipinski definition) is 0. The van der Waals surface area contributed by atoms with E-state index in [0.717, 1.165) is 10.0 Å². The van der Waals surface area contributed by atoms with Gasteiger partial charge in [0.05, 0.1) is 5.75 Å². The minimum absolute atomic E-state index is 0.105. The summed E-state index contributed by atoms with van der Waals surface area (Å²) in [6, 6.07) is 4.10. The number of aromatic nitrogens is 1. The van der Waals surface area contributed by atoms with Crippen molar-refractivity contribution in [2.45, 2.75) is 12.3 Å². The van der Waals surface area contributed by atoms with Crippen LogP contribution in [-0.2, 0) is 4.79 Å². The van der Waals surface area contributed by atoms with Crippen molar-refractivity contribution in [3.8, 4) is 0 Å². The van der Waals surface area contributed by atoms with Crippen LogP contribution in [0, 0.1) is 6.92 Å². The van der Waals surface area contributed by atoms with E-state index in [1.165, 1.54) is 4.88 Å². The predicted molar refractivity (Wildman–Crippen MR) is 73.9 cm³/mol. The Labute approximate surface area is 111 Å². The van der Waals surface area contributed by atoms with Gasteiger partial charge in [-0.25, -0.2) is 4.98 Å². The van der Waals surface area contributed by atoms with Gasteiger partial charge in [0.25, 0.3) is 0 Å². The van der Waals surface area contributed by atoms with E-state index in [-0.39, 0.29) is 11.3 Å². The molecule has 0 saturated carbocycles. The lowest BCUT2D eigenvalue weighted by Crippen LogP contribution is -2.27. The molecule has 2 aromatic heterocycles. The van der Waals surface area contributed by atoms with E-state index in [2.05, 4.69) is 11.1 Å². The molecule has 17 heavy (non-hydrogen) atoms. The number of carbonyl (C=O) groups excluding carboxylic acids is 1. The molecule has 0 aromatic carbocycles. The van der Waals surface area contributed by atoms with Crippen LogP contribution in [-0.4, -0.2) is 16.6 Å². The molecule has 0 bridgehead atoms. The summed E-state index contributed by atoms with van der Waals surface area (Å²) in [5, 5.41) is 2.97. The average molecular weight is 282 g/mol. The van der Waals surface area contributed by atoms with Crippen molar-refractivity contribution in [3.05, 3.63) is 33.5 Å². The zero-order valence-electron chi connectivity index (χ0n) is 9.12. The molecule has 1 amide bonds. The molecular formula is C11H10N2OS3. The van der Waals surface area contributed by atoms with Crippen molar-refractivity contribution in [1.82, 2.24) is 4.98 Å². The SMILES string of the molecule is Cc1cnc(N2C(=O)CS[C@@H]2c2cccs2)s1. The van der Waals surface area contributed by atoms with Gasteiger partial charge in [-0.15, -0.1) is 34.4 Å². The minimum atomic E-state index is 0.105. The van der Waals surface area contributed by atoms with Crippen molar-refractivity contribution < 1.29 is 4.79 Å². The van der Waals surface area contributed by atoms with E-state index in [0.29, 0.717) is 5.75 Å². The van der Waals surface area contributed by atoms with Crippen molar-refractivity contribution >= 4 is 45.5 Å². The third kappa shape index (κ3) is 2.00. The second kappa shape index (κ2) is 4.44. The average Bonchev–Trinajstić information content (AvgIpc) is 2.97. The first-order valence-electron chi connectivity index (χ1n) is 5.15. The molecule has 3 heterocycles. The van der Waals surface area contributed by atoms with Gasteiger partial charge >= 0.3 is 0 Å².